The number of aliphatic hydroxyl groups excluding tert-OH is 1. The van der Waals surface area contributed by atoms with E-state index in [1.165, 1.54) is 13.1 Å². The molecule has 0 radical (unpaired) electrons. The van der Waals surface area contributed by atoms with E-state index in [0.717, 1.165) is 32.5 Å². The smallest absolute Gasteiger partial charge is 0.0431 e. The topological polar surface area (TPSA) is 35.5 Å². The molecule has 0 atom stereocenters. The molecule has 2 N–H and O–H groups in total. The van der Waals surface area contributed by atoms with Gasteiger partial charge in [-0.1, -0.05) is 0 Å². The van der Waals surface area contributed by atoms with Crippen LogP contribution < -0.4 is 5.32 Å². The number of nitrogens with one attached hydrogen (secondary N) is 1. The van der Waals surface area contributed by atoms with Crippen molar-refractivity contribution in [2.24, 2.45) is 0 Å². The number of piperazine rings is 1. The molecule has 0 spiro atoms. The molecule has 0 saturated carbocycles. The summed E-state index contributed by atoms with van der Waals surface area (Å²) in [6, 6.07) is 0. The van der Waals surface area contributed by atoms with Gasteiger partial charge in [-0.25, -0.2) is 0 Å². The predicted octanol–water partition coefficient (Wildman–Crippen LogP) is -0.336. The lowest BCUT2D eigenvalue weighted by Gasteiger charge is -2.26. The van der Waals surface area contributed by atoms with Crippen molar-refractivity contribution < 1.29 is 5.11 Å². The van der Waals surface area contributed by atoms with Crippen molar-refractivity contribution in [2.45, 2.75) is 12.8 Å². The van der Waals surface area contributed by atoms with Crippen molar-refractivity contribution in [3.8, 4) is 0 Å². The molecule has 11 heavy (non-hydrogen) atoms. The normalized spacial score (nSPS) is 20.5. The lowest BCUT2D eigenvalue weighted by Crippen LogP contribution is -2.43. The maximum atomic E-state index is 8.56. The molecule has 0 aromatic rings. The standard InChI is InChI=1S/C8H18N2O/c11-8-2-1-5-10-6-3-9-4-7-10/h9,11H,1-8H2. The number of unbranched alkanes of at least 4 members (excludes halogenated alkanes) is 1. The van der Waals surface area contributed by atoms with Crippen molar-refractivity contribution >= 4 is 0 Å². The fraction of sp³-hybridized carbons (Fsp3) is 1.00. The molecule has 1 saturated heterocycles. The zero-order valence-corrected chi connectivity index (χ0v) is 7.05. The van der Waals surface area contributed by atoms with E-state index in [1.54, 1.807) is 0 Å². The summed E-state index contributed by atoms with van der Waals surface area (Å²) in [7, 11) is 0. The van der Waals surface area contributed by atoms with Crippen LogP contribution in [-0.4, -0.2) is 49.3 Å². The van der Waals surface area contributed by atoms with Gasteiger partial charge in [-0.2, -0.15) is 0 Å². The average molecular weight is 158 g/mol. The summed E-state index contributed by atoms with van der Waals surface area (Å²) in [5, 5.41) is 11.9. The minimum absolute atomic E-state index is 0.339. The van der Waals surface area contributed by atoms with Crippen LogP contribution in [0.1, 0.15) is 12.8 Å². The molecule has 0 bridgehead atoms. The van der Waals surface area contributed by atoms with Gasteiger partial charge < -0.3 is 15.3 Å². The number of nitrogens with zero attached hydrogens (tertiary/aromatic N) is 1. The van der Waals surface area contributed by atoms with Crippen LogP contribution in [0.5, 0.6) is 0 Å². The van der Waals surface area contributed by atoms with Crippen molar-refractivity contribution in [3.63, 3.8) is 0 Å². The molecule has 66 valence electrons. The highest BCUT2D eigenvalue weighted by atomic mass is 16.2. The van der Waals surface area contributed by atoms with Crippen LogP contribution in [0.3, 0.4) is 0 Å². The monoisotopic (exact) mass is 158 g/mol. The average Bonchev–Trinajstić information content (AvgIpc) is 2.07. The molecule has 1 aliphatic heterocycles. The van der Waals surface area contributed by atoms with Crippen LogP contribution in [0, 0.1) is 0 Å². The fourth-order valence-electron chi connectivity index (χ4n) is 1.38. The summed E-state index contributed by atoms with van der Waals surface area (Å²) in [5.74, 6) is 0. The molecular weight excluding hydrogens is 140 g/mol. The van der Waals surface area contributed by atoms with Gasteiger partial charge in [0.25, 0.3) is 0 Å². The van der Waals surface area contributed by atoms with Gasteiger partial charge in [0, 0.05) is 32.8 Å². The Kier molecular flexibility index (Phi) is 4.50. The van der Waals surface area contributed by atoms with Gasteiger partial charge in [-0.15, -0.1) is 0 Å². The Morgan fingerprint density at radius 2 is 1.91 bits per heavy atom. The first kappa shape index (κ1) is 8.97. The maximum Gasteiger partial charge on any atom is 0.0431 e. The highest BCUT2D eigenvalue weighted by molar-refractivity contribution is 4.66. The minimum atomic E-state index is 0.339. The number of aliphatic hydroxyl groups is 1. The molecule has 1 rings (SSSR count). The van der Waals surface area contributed by atoms with E-state index >= 15 is 0 Å². The molecule has 3 nitrogen and oxygen atoms in total. The van der Waals surface area contributed by atoms with Gasteiger partial charge in [0.1, 0.15) is 0 Å². The summed E-state index contributed by atoms with van der Waals surface area (Å²) in [6.07, 6.45) is 2.08. The van der Waals surface area contributed by atoms with Gasteiger partial charge in [0.15, 0.2) is 0 Å². The third kappa shape index (κ3) is 3.70. The van der Waals surface area contributed by atoms with E-state index < -0.39 is 0 Å². The van der Waals surface area contributed by atoms with Crippen molar-refractivity contribution in [1.29, 1.82) is 0 Å². The van der Waals surface area contributed by atoms with Crippen LogP contribution in [-0.2, 0) is 0 Å². The lowest BCUT2D eigenvalue weighted by molar-refractivity contribution is 0.221. The first-order valence-corrected chi connectivity index (χ1v) is 4.47. The predicted molar refractivity (Wildman–Crippen MR) is 45.6 cm³/mol. The molecule has 0 aliphatic carbocycles. The maximum absolute atomic E-state index is 8.56. The summed E-state index contributed by atoms with van der Waals surface area (Å²) < 4.78 is 0. The van der Waals surface area contributed by atoms with Crippen molar-refractivity contribution in [3.05, 3.63) is 0 Å². The van der Waals surface area contributed by atoms with Crippen LogP contribution in [0.2, 0.25) is 0 Å². The van der Waals surface area contributed by atoms with E-state index in [4.69, 9.17) is 5.11 Å². The quantitative estimate of drug-likeness (QED) is 0.550. The van der Waals surface area contributed by atoms with E-state index in [1.807, 2.05) is 0 Å². The first-order valence-electron chi connectivity index (χ1n) is 4.47. The van der Waals surface area contributed by atoms with Crippen LogP contribution in [0.15, 0.2) is 0 Å². The molecule has 0 aromatic heterocycles. The van der Waals surface area contributed by atoms with Gasteiger partial charge in [-0.3, -0.25) is 0 Å². The molecule has 0 unspecified atom stereocenters. The number of hydrogen-bond acceptors (Lipinski definition) is 3. The second-order valence-corrected chi connectivity index (χ2v) is 3.02. The summed E-state index contributed by atoms with van der Waals surface area (Å²) >= 11 is 0. The zero-order valence-electron chi connectivity index (χ0n) is 7.05. The summed E-state index contributed by atoms with van der Waals surface area (Å²) in [5.41, 5.74) is 0. The van der Waals surface area contributed by atoms with E-state index in [-0.39, 0.29) is 0 Å². The number of rotatable bonds is 4. The minimum Gasteiger partial charge on any atom is -0.396 e. The Labute approximate surface area is 68.4 Å². The second kappa shape index (κ2) is 5.52. The number of hydrogen-bond donors (Lipinski definition) is 2. The highest BCUT2D eigenvalue weighted by Crippen LogP contribution is 1.96. The highest BCUT2D eigenvalue weighted by Gasteiger charge is 2.07. The van der Waals surface area contributed by atoms with Crippen LogP contribution in [0.25, 0.3) is 0 Å². The van der Waals surface area contributed by atoms with Gasteiger partial charge in [-0.05, 0) is 19.4 Å². The molecule has 0 amide bonds. The van der Waals surface area contributed by atoms with E-state index in [2.05, 4.69) is 10.2 Å². The molecular formula is C8H18N2O. The zero-order chi connectivity index (χ0) is 7.94. The van der Waals surface area contributed by atoms with Crippen molar-refractivity contribution in [1.82, 2.24) is 10.2 Å². The Morgan fingerprint density at radius 1 is 1.18 bits per heavy atom. The second-order valence-electron chi connectivity index (χ2n) is 3.02. The fourth-order valence-corrected chi connectivity index (χ4v) is 1.38. The molecule has 0 aromatic carbocycles. The van der Waals surface area contributed by atoms with Crippen molar-refractivity contribution in [2.75, 3.05) is 39.3 Å². The Hall–Kier alpha value is -0.120. The van der Waals surface area contributed by atoms with Gasteiger partial charge in [0.05, 0.1) is 0 Å². The third-order valence-electron chi connectivity index (χ3n) is 2.09. The Balaban J connectivity index is 1.96. The summed E-state index contributed by atoms with van der Waals surface area (Å²) in [4.78, 5) is 2.45. The largest absolute Gasteiger partial charge is 0.396 e. The van der Waals surface area contributed by atoms with Crippen LogP contribution >= 0.6 is 0 Å². The molecule has 1 fully saturated rings. The summed E-state index contributed by atoms with van der Waals surface area (Å²) in [6.45, 7) is 6.09. The van der Waals surface area contributed by atoms with E-state index in [0.29, 0.717) is 6.61 Å². The Bertz CT molecular complexity index is 92.1. The van der Waals surface area contributed by atoms with Gasteiger partial charge in [0.2, 0.25) is 0 Å². The van der Waals surface area contributed by atoms with Gasteiger partial charge >= 0.3 is 0 Å². The first-order chi connectivity index (χ1) is 5.43. The molecule has 1 aliphatic rings. The van der Waals surface area contributed by atoms with Crippen LogP contribution in [0.4, 0.5) is 0 Å². The Morgan fingerprint density at radius 3 is 2.55 bits per heavy atom. The third-order valence-corrected chi connectivity index (χ3v) is 2.09. The SMILES string of the molecule is OCCCCN1CCNCC1. The molecule has 3 heteroatoms. The van der Waals surface area contributed by atoms with E-state index in [9.17, 15) is 0 Å². The lowest BCUT2D eigenvalue weighted by atomic mass is 10.3. The molecule has 1 heterocycles.